The van der Waals surface area contributed by atoms with Crippen molar-refractivity contribution in [3.63, 3.8) is 0 Å². The van der Waals surface area contributed by atoms with Gasteiger partial charge >= 0.3 is 6.03 Å². The quantitative estimate of drug-likeness (QED) is 0.270. The maximum Gasteiger partial charge on any atom is 0.307 e. The van der Waals surface area contributed by atoms with Crippen molar-refractivity contribution in [2.45, 2.75) is 0 Å². The highest BCUT2D eigenvalue weighted by molar-refractivity contribution is 5.74. The van der Waals surface area contributed by atoms with Crippen LogP contribution in [0.25, 0.3) is 10.4 Å². The molecule has 0 aliphatic carbocycles. The molecule has 0 bridgehead atoms. The molecule has 2 amide bonds. The summed E-state index contributed by atoms with van der Waals surface area (Å²) >= 11 is 0. The van der Waals surface area contributed by atoms with Crippen LogP contribution in [0.1, 0.15) is 0 Å². The van der Waals surface area contributed by atoms with E-state index in [-0.39, 0.29) is 0 Å². The molecule has 5 heteroatoms. The number of hydrogen-bond donors (Lipinski definition) is 1. The first kappa shape index (κ1) is 5.78. The molecule has 7 heavy (non-hydrogen) atoms. The summed E-state index contributed by atoms with van der Waals surface area (Å²) < 4.78 is 0. The molecule has 0 atom stereocenters. The van der Waals surface area contributed by atoms with Gasteiger partial charge in [0.2, 0.25) is 0 Å². The van der Waals surface area contributed by atoms with Crippen LogP contribution in [-0.2, 0) is 0 Å². The fourth-order valence-corrected chi connectivity index (χ4v) is 0.0906. The van der Waals surface area contributed by atoms with Crippen molar-refractivity contribution in [3.05, 3.63) is 10.4 Å². The second-order valence-electron chi connectivity index (χ2n) is 0.745. The average molecular weight is 100 g/mol. The Hall–Kier alpha value is -1.22. The first-order chi connectivity index (χ1) is 3.31. The molecule has 0 aliphatic heterocycles. The Labute approximate surface area is 39.9 Å². The largest absolute Gasteiger partial charge is 0.354 e. The lowest BCUT2D eigenvalue weighted by Crippen LogP contribution is -2.10. The third kappa shape index (κ3) is 2.59. The van der Waals surface area contributed by atoms with Crippen LogP contribution in [0.15, 0.2) is 5.11 Å². The van der Waals surface area contributed by atoms with Crippen LogP contribution in [0.3, 0.4) is 0 Å². The highest BCUT2D eigenvalue weighted by atomic mass is 16.2. The Morgan fingerprint density at radius 2 is 2.57 bits per heavy atom. The number of urea groups is 1. The zero-order valence-corrected chi connectivity index (χ0v) is 3.75. The van der Waals surface area contributed by atoms with E-state index in [1.807, 2.05) is 0 Å². The molecule has 0 spiro atoms. The van der Waals surface area contributed by atoms with E-state index in [9.17, 15) is 4.79 Å². The summed E-state index contributed by atoms with van der Waals surface area (Å²) in [6.07, 6.45) is 0. The van der Waals surface area contributed by atoms with Gasteiger partial charge in [-0.05, 0) is 5.53 Å². The molecule has 0 aromatic carbocycles. The minimum atomic E-state index is -0.664. The number of nitrogens with zero attached hydrogens (tertiary/aromatic N) is 3. The highest BCUT2D eigenvalue weighted by Gasteiger charge is 1.83. The number of hydrogen-bond acceptors (Lipinski definition) is 1. The van der Waals surface area contributed by atoms with Gasteiger partial charge in [-0.1, -0.05) is 0 Å². The Morgan fingerprint density at radius 1 is 2.00 bits per heavy atom. The van der Waals surface area contributed by atoms with Gasteiger partial charge in [-0.25, -0.2) is 0 Å². The van der Waals surface area contributed by atoms with Crippen molar-refractivity contribution in [2.24, 2.45) is 5.11 Å². The van der Waals surface area contributed by atoms with E-state index >= 15 is 0 Å². The second-order valence-corrected chi connectivity index (χ2v) is 0.745. The van der Waals surface area contributed by atoms with Crippen molar-refractivity contribution in [1.82, 2.24) is 5.32 Å². The zero-order chi connectivity index (χ0) is 5.70. The second kappa shape index (κ2) is 2.99. The molecule has 0 unspecified atom stereocenters. The molecule has 0 heterocycles. The van der Waals surface area contributed by atoms with Gasteiger partial charge in [0.05, 0.1) is 0 Å². The average Bonchev–Trinajstić information content (AvgIpc) is 1.68. The predicted molar refractivity (Wildman–Crippen MR) is 23.6 cm³/mol. The fraction of sp³-hybridized carbons (Fsp3) is 0.500. The van der Waals surface area contributed by atoms with Crippen LogP contribution in [0.4, 0.5) is 4.79 Å². The van der Waals surface area contributed by atoms with Gasteiger partial charge in [-0.2, -0.15) is 0 Å². The first-order valence-corrected chi connectivity index (χ1v) is 1.58. The van der Waals surface area contributed by atoms with E-state index in [1.54, 1.807) is 0 Å². The number of amides is 2. The van der Waals surface area contributed by atoms with Crippen LogP contribution in [-0.4, -0.2) is 13.1 Å². The molecule has 0 aliphatic rings. The molecule has 0 saturated heterocycles. The topological polar surface area (TPSA) is 77.9 Å². The van der Waals surface area contributed by atoms with Crippen molar-refractivity contribution in [3.8, 4) is 0 Å². The van der Waals surface area contributed by atoms with Gasteiger partial charge < -0.3 is 5.32 Å². The predicted octanol–water partition coefficient (Wildman–Crippen LogP) is 0.636. The minimum absolute atomic E-state index is 0.664. The van der Waals surface area contributed by atoms with Gasteiger partial charge in [0.25, 0.3) is 0 Å². The first-order valence-electron chi connectivity index (χ1n) is 1.58. The van der Waals surface area contributed by atoms with Crippen LogP contribution < -0.4 is 5.32 Å². The summed E-state index contributed by atoms with van der Waals surface area (Å²) in [7, 11) is 1.39. The Bertz CT molecular complexity index is 113. The maximum atomic E-state index is 9.88. The van der Waals surface area contributed by atoms with E-state index < -0.39 is 6.03 Å². The van der Waals surface area contributed by atoms with E-state index in [0.29, 0.717) is 0 Å². The van der Waals surface area contributed by atoms with Crippen molar-refractivity contribution in [2.75, 3.05) is 7.05 Å². The molecule has 0 rings (SSSR count). The Kier molecular flexibility index (Phi) is 2.47. The van der Waals surface area contributed by atoms with Gasteiger partial charge in [-0.3, -0.25) is 4.79 Å². The lowest BCUT2D eigenvalue weighted by atomic mass is 11.0. The number of carbonyl (C=O) groups excluding carboxylic acids is 1. The molecule has 0 fully saturated rings. The van der Waals surface area contributed by atoms with E-state index in [0.717, 1.165) is 0 Å². The normalized spacial score (nSPS) is 6.43. The van der Waals surface area contributed by atoms with E-state index in [2.05, 4.69) is 15.3 Å². The summed E-state index contributed by atoms with van der Waals surface area (Å²) in [4.78, 5) is 12.1. The molecule has 0 aromatic rings. The number of carbonyl (C=O) groups is 1. The lowest BCUT2D eigenvalue weighted by Gasteiger charge is -1.80. The van der Waals surface area contributed by atoms with Crippen molar-refractivity contribution in [1.29, 1.82) is 0 Å². The molecular weight excluding hydrogens is 96.0 g/mol. The lowest BCUT2D eigenvalue weighted by molar-refractivity contribution is 0.251. The van der Waals surface area contributed by atoms with Crippen LogP contribution in [0, 0.1) is 0 Å². The standard InChI is InChI=1S/C2H4N4O/c1-4-2(7)5-6-3/h1H3,(H,4,7). The van der Waals surface area contributed by atoms with Gasteiger partial charge in [0.1, 0.15) is 0 Å². The third-order valence-electron chi connectivity index (χ3n) is 0.349. The van der Waals surface area contributed by atoms with Gasteiger partial charge in [0, 0.05) is 17.1 Å². The van der Waals surface area contributed by atoms with Crippen LogP contribution >= 0.6 is 0 Å². The molecular formula is C2H4N4O. The monoisotopic (exact) mass is 100 g/mol. The zero-order valence-electron chi connectivity index (χ0n) is 3.75. The van der Waals surface area contributed by atoms with Crippen molar-refractivity contribution < 1.29 is 4.79 Å². The maximum absolute atomic E-state index is 9.88. The molecule has 0 aromatic heterocycles. The van der Waals surface area contributed by atoms with Crippen LogP contribution in [0.5, 0.6) is 0 Å². The smallest absolute Gasteiger partial charge is 0.307 e. The molecule has 0 radical (unpaired) electrons. The Balaban J connectivity index is 3.58. The number of rotatable bonds is 0. The molecule has 0 saturated carbocycles. The summed E-state index contributed by atoms with van der Waals surface area (Å²) in [6, 6.07) is -0.664. The van der Waals surface area contributed by atoms with E-state index in [4.69, 9.17) is 5.53 Å². The van der Waals surface area contributed by atoms with E-state index in [1.165, 1.54) is 7.05 Å². The summed E-state index contributed by atoms with van der Waals surface area (Å²) in [6.45, 7) is 0. The summed E-state index contributed by atoms with van der Waals surface area (Å²) in [5.74, 6) is 0. The number of nitrogens with one attached hydrogen (secondary N) is 1. The minimum Gasteiger partial charge on any atom is -0.354 e. The fourth-order valence-electron chi connectivity index (χ4n) is 0.0906. The highest BCUT2D eigenvalue weighted by Crippen LogP contribution is 1.68. The Morgan fingerprint density at radius 3 is 2.71 bits per heavy atom. The molecule has 38 valence electrons. The summed E-state index contributed by atoms with van der Waals surface area (Å²) in [5.41, 5.74) is 7.57. The molecule has 5 nitrogen and oxygen atoms in total. The van der Waals surface area contributed by atoms with Gasteiger partial charge in [-0.15, -0.1) is 0 Å². The third-order valence-corrected chi connectivity index (χ3v) is 0.349. The van der Waals surface area contributed by atoms with Gasteiger partial charge in [0.15, 0.2) is 0 Å². The number of azide groups is 1. The SMILES string of the molecule is CNC(=O)N=[N+]=[N-]. The summed E-state index contributed by atoms with van der Waals surface area (Å²) in [5, 5.41) is 4.78. The van der Waals surface area contributed by atoms with Crippen molar-refractivity contribution >= 4 is 6.03 Å². The molecule has 1 N–H and O–H groups in total. The van der Waals surface area contributed by atoms with Crippen LogP contribution in [0.2, 0.25) is 0 Å².